The highest BCUT2D eigenvalue weighted by molar-refractivity contribution is 7.22. The van der Waals surface area contributed by atoms with Gasteiger partial charge in [0, 0.05) is 13.0 Å². The van der Waals surface area contributed by atoms with Gasteiger partial charge in [0.05, 0.1) is 16.5 Å². The van der Waals surface area contributed by atoms with E-state index in [2.05, 4.69) is 35.4 Å². The van der Waals surface area contributed by atoms with Crippen LogP contribution in [0.3, 0.4) is 0 Å². The fraction of sp³-hybridized carbons (Fsp3) is 0.214. The second-order valence-corrected chi connectivity index (χ2v) is 5.23. The molecule has 1 N–H and O–H groups in total. The molecule has 0 saturated carbocycles. The van der Waals surface area contributed by atoms with Crippen molar-refractivity contribution in [2.24, 2.45) is 0 Å². The number of anilines is 1. The van der Waals surface area contributed by atoms with Crippen LogP contribution >= 0.6 is 11.3 Å². The van der Waals surface area contributed by atoms with Crippen LogP contribution in [0.4, 0.5) is 5.13 Å². The standard InChI is InChI=1S/C14H14N2OS/c1-10-4-2-6-12-13(10)16-14(18-12)15-8-7-11-5-3-9-17-11/h2-6,9H,7-8H2,1H3,(H,15,16). The first kappa shape index (κ1) is 11.3. The van der Waals surface area contributed by atoms with Crippen LogP contribution in [0.2, 0.25) is 0 Å². The molecule has 0 saturated heterocycles. The Kier molecular flexibility index (Phi) is 3.02. The van der Waals surface area contributed by atoms with Gasteiger partial charge in [-0.1, -0.05) is 23.5 Å². The van der Waals surface area contributed by atoms with E-state index < -0.39 is 0 Å². The molecule has 3 aromatic rings. The van der Waals surface area contributed by atoms with Crippen LogP contribution in [0.1, 0.15) is 11.3 Å². The summed E-state index contributed by atoms with van der Waals surface area (Å²) in [5, 5.41) is 4.32. The van der Waals surface area contributed by atoms with Gasteiger partial charge in [-0.05, 0) is 30.7 Å². The molecular weight excluding hydrogens is 244 g/mol. The summed E-state index contributed by atoms with van der Waals surface area (Å²) in [6, 6.07) is 10.2. The monoisotopic (exact) mass is 258 g/mol. The van der Waals surface area contributed by atoms with E-state index in [0.717, 1.165) is 29.4 Å². The Morgan fingerprint density at radius 3 is 3.00 bits per heavy atom. The molecule has 0 amide bonds. The van der Waals surface area contributed by atoms with Crippen molar-refractivity contribution in [1.29, 1.82) is 0 Å². The zero-order chi connectivity index (χ0) is 12.4. The Bertz CT molecular complexity index is 643. The van der Waals surface area contributed by atoms with Crippen LogP contribution in [0, 0.1) is 6.92 Å². The Hall–Kier alpha value is -1.81. The summed E-state index contributed by atoms with van der Waals surface area (Å²) in [5.41, 5.74) is 2.32. The number of aryl methyl sites for hydroxylation is 1. The average Bonchev–Trinajstić information content (AvgIpc) is 2.98. The molecule has 92 valence electrons. The van der Waals surface area contributed by atoms with Gasteiger partial charge >= 0.3 is 0 Å². The Morgan fingerprint density at radius 2 is 2.22 bits per heavy atom. The minimum absolute atomic E-state index is 0.840. The zero-order valence-electron chi connectivity index (χ0n) is 10.1. The fourth-order valence-electron chi connectivity index (χ4n) is 1.91. The number of aromatic nitrogens is 1. The molecule has 0 aliphatic heterocycles. The molecule has 0 radical (unpaired) electrons. The maximum Gasteiger partial charge on any atom is 0.183 e. The molecule has 0 aliphatic carbocycles. The summed E-state index contributed by atoms with van der Waals surface area (Å²) in [6.45, 7) is 2.93. The van der Waals surface area contributed by atoms with E-state index >= 15 is 0 Å². The van der Waals surface area contributed by atoms with Crippen molar-refractivity contribution in [1.82, 2.24) is 4.98 Å². The molecule has 18 heavy (non-hydrogen) atoms. The smallest absolute Gasteiger partial charge is 0.183 e. The van der Waals surface area contributed by atoms with Crippen LogP contribution < -0.4 is 5.32 Å². The summed E-state index contributed by atoms with van der Waals surface area (Å²) < 4.78 is 6.52. The highest BCUT2D eigenvalue weighted by Gasteiger charge is 2.05. The summed E-state index contributed by atoms with van der Waals surface area (Å²) in [4.78, 5) is 4.61. The van der Waals surface area contributed by atoms with Crippen LogP contribution in [0.15, 0.2) is 41.0 Å². The first-order valence-electron chi connectivity index (χ1n) is 5.95. The van der Waals surface area contributed by atoms with E-state index in [1.54, 1.807) is 17.6 Å². The third kappa shape index (κ3) is 2.24. The van der Waals surface area contributed by atoms with Crippen LogP contribution in [-0.4, -0.2) is 11.5 Å². The van der Waals surface area contributed by atoms with E-state index in [4.69, 9.17) is 4.42 Å². The van der Waals surface area contributed by atoms with E-state index in [-0.39, 0.29) is 0 Å². The van der Waals surface area contributed by atoms with Crippen molar-refractivity contribution in [3.63, 3.8) is 0 Å². The zero-order valence-corrected chi connectivity index (χ0v) is 11.0. The van der Waals surface area contributed by atoms with Crippen molar-refractivity contribution in [2.75, 3.05) is 11.9 Å². The topological polar surface area (TPSA) is 38.1 Å². The largest absolute Gasteiger partial charge is 0.469 e. The molecule has 2 aromatic heterocycles. The van der Waals surface area contributed by atoms with Crippen molar-refractivity contribution in [3.8, 4) is 0 Å². The van der Waals surface area contributed by atoms with Gasteiger partial charge in [0.1, 0.15) is 5.76 Å². The van der Waals surface area contributed by atoms with Gasteiger partial charge in [-0.25, -0.2) is 4.98 Å². The van der Waals surface area contributed by atoms with Gasteiger partial charge in [-0.2, -0.15) is 0 Å². The molecule has 0 unspecified atom stereocenters. The number of para-hydroxylation sites is 1. The molecule has 0 atom stereocenters. The summed E-state index contributed by atoms with van der Waals surface area (Å²) in [5.74, 6) is 1.000. The van der Waals surface area contributed by atoms with E-state index in [9.17, 15) is 0 Å². The van der Waals surface area contributed by atoms with E-state index in [1.165, 1.54) is 10.3 Å². The first-order valence-corrected chi connectivity index (χ1v) is 6.77. The lowest BCUT2D eigenvalue weighted by Gasteiger charge is -1.99. The number of fused-ring (bicyclic) bond motifs is 1. The molecular formula is C14H14N2OS. The molecule has 3 rings (SSSR count). The van der Waals surface area contributed by atoms with Crippen molar-refractivity contribution < 1.29 is 4.42 Å². The van der Waals surface area contributed by atoms with Crippen molar-refractivity contribution in [3.05, 3.63) is 47.9 Å². The van der Waals surface area contributed by atoms with Gasteiger partial charge in [-0.3, -0.25) is 0 Å². The Labute approximate surface area is 109 Å². The number of nitrogens with zero attached hydrogens (tertiary/aromatic N) is 1. The van der Waals surface area contributed by atoms with Crippen molar-refractivity contribution in [2.45, 2.75) is 13.3 Å². The number of hydrogen-bond donors (Lipinski definition) is 1. The summed E-state index contributed by atoms with van der Waals surface area (Å²) in [7, 11) is 0. The van der Waals surface area contributed by atoms with Gasteiger partial charge < -0.3 is 9.73 Å². The lowest BCUT2D eigenvalue weighted by molar-refractivity contribution is 0.513. The van der Waals surface area contributed by atoms with Gasteiger partial charge in [0.15, 0.2) is 5.13 Å². The number of rotatable bonds is 4. The summed E-state index contributed by atoms with van der Waals surface area (Å²) in [6.07, 6.45) is 2.58. The molecule has 0 bridgehead atoms. The highest BCUT2D eigenvalue weighted by Crippen LogP contribution is 2.27. The SMILES string of the molecule is Cc1cccc2sc(NCCc3ccco3)nc12. The van der Waals surface area contributed by atoms with Crippen LogP contribution in [-0.2, 0) is 6.42 Å². The average molecular weight is 258 g/mol. The maximum absolute atomic E-state index is 5.29. The predicted octanol–water partition coefficient (Wildman–Crippen LogP) is 3.85. The number of benzene rings is 1. The molecule has 3 nitrogen and oxygen atoms in total. The lowest BCUT2D eigenvalue weighted by Crippen LogP contribution is -2.03. The minimum Gasteiger partial charge on any atom is -0.469 e. The fourth-order valence-corrected chi connectivity index (χ4v) is 2.88. The predicted molar refractivity (Wildman–Crippen MR) is 75.3 cm³/mol. The lowest BCUT2D eigenvalue weighted by atomic mass is 10.2. The number of furan rings is 1. The Morgan fingerprint density at radius 1 is 1.28 bits per heavy atom. The number of hydrogen-bond acceptors (Lipinski definition) is 4. The third-order valence-corrected chi connectivity index (χ3v) is 3.83. The molecule has 0 fully saturated rings. The second-order valence-electron chi connectivity index (χ2n) is 4.20. The Balaban J connectivity index is 1.69. The number of nitrogens with one attached hydrogen (secondary N) is 1. The first-order chi connectivity index (χ1) is 8.83. The van der Waals surface area contributed by atoms with Crippen molar-refractivity contribution >= 4 is 26.7 Å². The highest BCUT2D eigenvalue weighted by atomic mass is 32.1. The van der Waals surface area contributed by atoms with E-state index in [0.29, 0.717) is 0 Å². The van der Waals surface area contributed by atoms with Gasteiger partial charge in [0.25, 0.3) is 0 Å². The van der Waals surface area contributed by atoms with Gasteiger partial charge in [0.2, 0.25) is 0 Å². The van der Waals surface area contributed by atoms with Gasteiger partial charge in [-0.15, -0.1) is 0 Å². The van der Waals surface area contributed by atoms with Crippen LogP contribution in [0.25, 0.3) is 10.2 Å². The van der Waals surface area contributed by atoms with Crippen LogP contribution in [0.5, 0.6) is 0 Å². The minimum atomic E-state index is 0.840. The second kappa shape index (κ2) is 4.82. The summed E-state index contributed by atoms with van der Waals surface area (Å²) >= 11 is 1.70. The molecule has 1 aromatic carbocycles. The van der Waals surface area contributed by atoms with E-state index in [1.807, 2.05) is 12.1 Å². The quantitative estimate of drug-likeness (QED) is 0.772. The maximum atomic E-state index is 5.29. The molecule has 4 heteroatoms. The molecule has 0 aliphatic rings. The molecule has 2 heterocycles. The molecule has 0 spiro atoms. The normalized spacial score (nSPS) is 10.9. The third-order valence-electron chi connectivity index (χ3n) is 2.85. The number of thiazole rings is 1.